The van der Waals surface area contributed by atoms with E-state index in [-0.39, 0.29) is 23.7 Å². The molecule has 1 saturated carbocycles. The van der Waals surface area contributed by atoms with Crippen molar-refractivity contribution in [2.75, 3.05) is 13.1 Å². The van der Waals surface area contributed by atoms with Crippen molar-refractivity contribution < 1.29 is 4.79 Å². The fourth-order valence-electron chi connectivity index (χ4n) is 3.72. The number of rotatable bonds is 6. The van der Waals surface area contributed by atoms with Crippen LogP contribution in [0.25, 0.3) is 0 Å². The van der Waals surface area contributed by atoms with Crippen LogP contribution in [0.15, 0.2) is 24.3 Å². The highest BCUT2D eigenvalue weighted by Gasteiger charge is 2.41. The highest BCUT2D eigenvalue weighted by molar-refractivity contribution is 5.88. The van der Waals surface area contributed by atoms with E-state index in [4.69, 9.17) is 0 Å². The SMILES string of the molecule is CCN[C@H](C)CNC(=O)C1(c2ccccc2C)CCCCC1.Cl. The number of likely N-dealkylation sites (N-methyl/N-ethyl adjacent to an activating group) is 1. The number of hydrogen-bond donors (Lipinski definition) is 2. The number of benzene rings is 1. The van der Waals surface area contributed by atoms with Gasteiger partial charge in [0.2, 0.25) is 5.91 Å². The maximum Gasteiger partial charge on any atom is 0.230 e. The summed E-state index contributed by atoms with van der Waals surface area (Å²) in [4.78, 5) is 13.0. The van der Waals surface area contributed by atoms with Crippen molar-refractivity contribution in [2.24, 2.45) is 0 Å². The molecule has 0 aliphatic heterocycles. The molecule has 3 nitrogen and oxygen atoms in total. The number of nitrogens with one attached hydrogen (secondary N) is 2. The average Bonchev–Trinajstić information content (AvgIpc) is 2.54. The van der Waals surface area contributed by atoms with Crippen molar-refractivity contribution in [1.29, 1.82) is 0 Å². The zero-order valence-electron chi connectivity index (χ0n) is 14.7. The van der Waals surface area contributed by atoms with E-state index in [1.54, 1.807) is 0 Å². The molecule has 1 aromatic carbocycles. The van der Waals surface area contributed by atoms with E-state index < -0.39 is 0 Å². The molecule has 1 amide bonds. The van der Waals surface area contributed by atoms with E-state index >= 15 is 0 Å². The second-order valence-electron chi connectivity index (χ2n) is 6.63. The summed E-state index contributed by atoms with van der Waals surface area (Å²) in [6, 6.07) is 8.70. The van der Waals surface area contributed by atoms with Gasteiger partial charge in [-0.1, -0.05) is 50.5 Å². The van der Waals surface area contributed by atoms with Gasteiger partial charge in [0.1, 0.15) is 0 Å². The summed E-state index contributed by atoms with van der Waals surface area (Å²) in [6.07, 6.45) is 5.47. The average molecular weight is 339 g/mol. The van der Waals surface area contributed by atoms with Gasteiger partial charge in [0.25, 0.3) is 0 Å². The van der Waals surface area contributed by atoms with Crippen LogP contribution in [0.5, 0.6) is 0 Å². The minimum absolute atomic E-state index is 0. The topological polar surface area (TPSA) is 41.1 Å². The third-order valence-electron chi connectivity index (χ3n) is 4.92. The lowest BCUT2D eigenvalue weighted by Gasteiger charge is -2.37. The van der Waals surface area contributed by atoms with Crippen LogP contribution in [0, 0.1) is 6.92 Å². The molecule has 0 heterocycles. The maximum absolute atomic E-state index is 13.0. The summed E-state index contributed by atoms with van der Waals surface area (Å²) < 4.78 is 0. The molecule has 0 bridgehead atoms. The van der Waals surface area contributed by atoms with Gasteiger partial charge in [-0.15, -0.1) is 12.4 Å². The molecule has 1 fully saturated rings. The summed E-state index contributed by atoms with van der Waals surface area (Å²) in [5, 5.41) is 6.55. The van der Waals surface area contributed by atoms with Crippen LogP contribution in [0.1, 0.15) is 57.1 Å². The molecule has 0 radical (unpaired) electrons. The number of carbonyl (C=O) groups excluding carboxylic acids is 1. The molecule has 1 aromatic rings. The molecule has 1 atom stereocenters. The molecular formula is C19H31ClN2O. The standard InChI is InChI=1S/C19H30N2O.ClH/c1-4-20-16(3)14-21-18(22)19(12-8-5-9-13-19)17-11-7-6-10-15(17)2;/h6-7,10-11,16,20H,4-5,8-9,12-14H2,1-3H3,(H,21,22);1H/t16-;/m1./s1. The Morgan fingerprint density at radius 3 is 2.48 bits per heavy atom. The molecule has 2 rings (SSSR count). The Labute approximate surface area is 147 Å². The van der Waals surface area contributed by atoms with Gasteiger partial charge in [-0.05, 0) is 44.4 Å². The number of hydrogen-bond acceptors (Lipinski definition) is 2. The summed E-state index contributed by atoms with van der Waals surface area (Å²) >= 11 is 0. The van der Waals surface area contributed by atoms with Crippen molar-refractivity contribution in [3.63, 3.8) is 0 Å². The minimum atomic E-state index is -0.324. The smallest absolute Gasteiger partial charge is 0.230 e. The zero-order valence-corrected chi connectivity index (χ0v) is 15.5. The Bertz CT molecular complexity index is 498. The monoisotopic (exact) mass is 338 g/mol. The minimum Gasteiger partial charge on any atom is -0.354 e. The highest BCUT2D eigenvalue weighted by Crippen LogP contribution is 2.41. The van der Waals surface area contributed by atoms with Gasteiger partial charge in [0.15, 0.2) is 0 Å². The fraction of sp³-hybridized carbons (Fsp3) is 0.632. The van der Waals surface area contributed by atoms with E-state index in [2.05, 4.69) is 55.7 Å². The molecule has 0 saturated heterocycles. The lowest BCUT2D eigenvalue weighted by atomic mass is 9.67. The van der Waals surface area contributed by atoms with Gasteiger partial charge in [0.05, 0.1) is 5.41 Å². The molecule has 130 valence electrons. The quantitative estimate of drug-likeness (QED) is 0.829. The zero-order chi connectivity index (χ0) is 16.0. The van der Waals surface area contributed by atoms with Gasteiger partial charge in [-0.2, -0.15) is 0 Å². The van der Waals surface area contributed by atoms with Crippen molar-refractivity contribution in [3.8, 4) is 0 Å². The normalized spacial score (nSPS) is 17.9. The van der Waals surface area contributed by atoms with Crippen molar-refractivity contribution in [1.82, 2.24) is 10.6 Å². The van der Waals surface area contributed by atoms with Crippen LogP contribution in [0.2, 0.25) is 0 Å². The molecule has 0 spiro atoms. The van der Waals surface area contributed by atoms with Gasteiger partial charge in [0, 0.05) is 12.6 Å². The van der Waals surface area contributed by atoms with Crippen molar-refractivity contribution >= 4 is 18.3 Å². The van der Waals surface area contributed by atoms with E-state index in [9.17, 15) is 4.79 Å². The lowest BCUT2D eigenvalue weighted by molar-refractivity contribution is -0.128. The first kappa shape index (κ1) is 20.0. The van der Waals surface area contributed by atoms with E-state index in [1.807, 2.05) is 0 Å². The predicted octanol–water partition coefficient (Wildman–Crippen LogP) is 3.73. The van der Waals surface area contributed by atoms with E-state index in [1.165, 1.54) is 17.5 Å². The largest absolute Gasteiger partial charge is 0.354 e. The van der Waals surface area contributed by atoms with Gasteiger partial charge < -0.3 is 10.6 Å². The third-order valence-corrected chi connectivity index (χ3v) is 4.92. The molecule has 0 unspecified atom stereocenters. The molecule has 0 aromatic heterocycles. The Hall–Kier alpha value is -1.06. The summed E-state index contributed by atoms with van der Waals surface area (Å²) in [6.45, 7) is 7.96. The van der Waals surface area contributed by atoms with Gasteiger partial charge >= 0.3 is 0 Å². The first-order valence-electron chi connectivity index (χ1n) is 8.68. The van der Waals surface area contributed by atoms with Crippen LogP contribution >= 0.6 is 12.4 Å². The lowest BCUT2D eigenvalue weighted by Crippen LogP contribution is -2.49. The van der Waals surface area contributed by atoms with Crippen molar-refractivity contribution in [2.45, 2.75) is 64.3 Å². The molecule has 2 N–H and O–H groups in total. The summed E-state index contributed by atoms with van der Waals surface area (Å²) in [7, 11) is 0. The third kappa shape index (κ3) is 4.71. The fourth-order valence-corrected chi connectivity index (χ4v) is 3.72. The highest BCUT2D eigenvalue weighted by atomic mass is 35.5. The molecule has 1 aliphatic rings. The molecule has 23 heavy (non-hydrogen) atoms. The van der Waals surface area contributed by atoms with Gasteiger partial charge in [-0.3, -0.25) is 4.79 Å². The number of carbonyl (C=O) groups is 1. The van der Waals surface area contributed by atoms with Crippen LogP contribution < -0.4 is 10.6 Å². The van der Waals surface area contributed by atoms with Crippen LogP contribution in [0.3, 0.4) is 0 Å². The summed E-state index contributed by atoms with van der Waals surface area (Å²) in [5.41, 5.74) is 2.14. The first-order valence-corrected chi connectivity index (χ1v) is 8.68. The Morgan fingerprint density at radius 2 is 1.87 bits per heavy atom. The first-order chi connectivity index (χ1) is 10.6. The van der Waals surface area contributed by atoms with E-state index in [0.717, 1.165) is 32.2 Å². The van der Waals surface area contributed by atoms with Crippen LogP contribution in [0.4, 0.5) is 0 Å². The van der Waals surface area contributed by atoms with Crippen LogP contribution in [-0.4, -0.2) is 25.0 Å². The Morgan fingerprint density at radius 1 is 1.22 bits per heavy atom. The van der Waals surface area contributed by atoms with Crippen LogP contribution in [-0.2, 0) is 10.2 Å². The predicted molar refractivity (Wildman–Crippen MR) is 99.3 cm³/mol. The molecular weight excluding hydrogens is 308 g/mol. The number of amides is 1. The summed E-state index contributed by atoms with van der Waals surface area (Å²) in [5.74, 6) is 0.214. The van der Waals surface area contributed by atoms with Crippen molar-refractivity contribution in [3.05, 3.63) is 35.4 Å². The second kappa shape index (κ2) is 9.29. The second-order valence-corrected chi connectivity index (χ2v) is 6.63. The van der Waals surface area contributed by atoms with Gasteiger partial charge in [-0.25, -0.2) is 0 Å². The Kier molecular flexibility index (Phi) is 8.07. The maximum atomic E-state index is 13.0. The number of halogens is 1. The molecule has 1 aliphatic carbocycles. The number of aryl methyl sites for hydroxylation is 1. The Balaban J connectivity index is 0.00000264. The van der Waals surface area contributed by atoms with E-state index in [0.29, 0.717) is 12.6 Å². The molecule has 4 heteroatoms.